The minimum atomic E-state index is -1.10. The van der Waals surface area contributed by atoms with E-state index in [1.165, 1.54) is 23.5 Å². The second kappa shape index (κ2) is 10.3. The molecule has 1 aliphatic heterocycles. The summed E-state index contributed by atoms with van der Waals surface area (Å²) in [6.07, 6.45) is -1.18. The monoisotopic (exact) mass is 576 g/mol. The van der Waals surface area contributed by atoms with Crippen LogP contribution in [0.1, 0.15) is 29.9 Å². The second-order valence-electron chi connectivity index (χ2n) is 11.2. The van der Waals surface area contributed by atoms with Gasteiger partial charge in [-0.1, -0.05) is 13.8 Å². The molecule has 4 heterocycles. The van der Waals surface area contributed by atoms with E-state index in [0.717, 1.165) is 16.8 Å². The Balaban J connectivity index is 1.18. The molecule has 1 saturated carbocycles. The van der Waals surface area contributed by atoms with Crippen LogP contribution in [0.4, 0.5) is 9.18 Å². The number of thiazole rings is 1. The number of rotatable bonds is 8. The van der Waals surface area contributed by atoms with Crippen LogP contribution in [-0.2, 0) is 12.5 Å². The number of aromatic nitrogens is 4. The second-order valence-corrected chi connectivity index (χ2v) is 11.9. The number of likely N-dealkylation sites (tertiary alicyclic amines) is 1. The molecule has 4 aromatic rings. The van der Waals surface area contributed by atoms with Crippen LogP contribution >= 0.6 is 11.3 Å². The Bertz CT molecular complexity index is 1590. The summed E-state index contributed by atoms with van der Waals surface area (Å²) in [6.45, 7) is 5.21. The Morgan fingerprint density at radius 2 is 1.85 bits per heavy atom. The number of fused-ring (bicyclic) bond motifs is 1. The first-order valence-corrected chi connectivity index (χ1v) is 14.2. The number of halogens is 1. The lowest BCUT2D eigenvalue weighted by Crippen LogP contribution is -2.36. The van der Waals surface area contributed by atoms with Crippen LogP contribution in [0.2, 0.25) is 0 Å². The number of pyridine rings is 1. The molecule has 6 rings (SSSR count). The number of carboxylic acid groups (broad SMARTS) is 1. The minimum absolute atomic E-state index is 0.0705. The fraction of sp³-hybridized carbons (Fsp3) is 0.345. The van der Waals surface area contributed by atoms with Gasteiger partial charge in [0.25, 0.3) is 5.91 Å². The molecule has 0 spiro atoms. The number of carbonyl (C=O) groups is 2. The lowest BCUT2D eigenvalue weighted by molar-refractivity contribution is 0.0740. The van der Waals surface area contributed by atoms with Crippen LogP contribution in [0.25, 0.3) is 22.6 Å². The summed E-state index contributed by atoms with van der Waals surface area (Å²) in [4.78, 5) is 35.3. The highest BCUT2D eigenvalue weighted by Gasteiger charge is 2.59. The first-order valence-electron chi connectivity index (χ1n) is 13.2. The van der Waals surface area contributed by atoms with Crippen LogP contribution in [0.15, 0.2) is 53.4 Å². The smallest absolute Gasteiger partial charge is 0.404 e. The van der Waals surface area contributed by atoms with Gasteiger partial charge in [0.2, 0.25) is 5.88 Å². The van der Waals surface area contributed by atoms with Crippen molar-refractivity contribution in [1.82, 2.24) is 30.0 Å². The zero-order valence-corrected chi connectivity index (χ0v) is 23.6. The molecular weight excluding hydrogens is 547 g/mol. The molecule has 1 aromatic carbocycles. The molecular formula is C29H29FN6O4S. The Labute approximate surface area is 239 Å². The highest BCUT2D eigenvalue weighted by Crippen LogP contribution is 2.48. The van der Waals surface area contributed by atoms with E-state index < -0.39 is 11.5 Å². The van der Waals surface area contributed by atoms with Gasteiger partial charge in [0.15, 0.2) is 0 Å². The number of aryl methyl sites for hydroxylation is 1. The van der Waals surface area contributed by atoms with Gasteiger partial charge in [0, 0.05) is 60.9 Å². The lowest BCUT2D eigenvalue weighted by Gasteiger charge is -2.26. The van der Waals surface area contributed by atoms with E-state index in [0.29, 0.717) is 36.1 Å². The number of carbonyl (C=O) groups excluding carboxylic acids is 1. The van der Waals surface area contributed by atoms with Crippen LogP contribution in [-0.4, -0.2) is 67.5 Å². The van der Waals surface area contributed by atoms with Gasteiger partial charge in [-0.2, -0.15) is 5.10 Å². The van der Waals surface area contributed by atoms with E-state index in [-0.39, 0.29) is 36.2 Å². The molecule has 3 aromatic heterocycles. The van der Waals surface area contributed by atoms with Crippen molar-refractivity contribution < 1.29 is 23.8 Å². The molecule has 41 heavy (non-hydrogen) atoms. The first kappa shape index (κ1) is 26.9. The molecule has 0 unspecified atom stereocenters. The number of hydrogen-bond acceptors (Lipinski definition) is 7. The van der Waals surface area contributed by atoms with E-state index in [2.05, 4.69) is 15.4 Å². The number of hydrogen-bond donors (Lipinski definition) is 2. The predicted molar refractivity (Wildman–Crippen MR) is 150 cm³/mol. The molecule has 1 saturated heterocycles. The number of nitrogens with zero attached hydrogens (tertiary/aromatic N) is 5. The highest BCUT2D eigenvalue weighted by atomic mass is 32.1. The third-order valence-electron chi connectivity index (χ3n) is 7.86. The van der Waals surface area contributed by atoms with Gasteiger partial charge in [-0.05, 0) is 42.0 Å². The van der Waals surface area contributed by atoms with E-state index in [1.54, 1.807) is 35.4 Å². The van der Waals surface area contributed by atoms with E-state index >= 15 is 0 Å². The third kappa shape index (κ3) is 5.39. The largest absolute Gasteiger partial charge is 0.474 e. The standard InChI is InChI=1S/C29H29FN6O4S/c1-29(2,14-31-28(38)39)17-8-21(16-4-6-18(30)7-5-16)33-25(9-17)40-26-19-11-36(12-20(19)26)27(37)24-10-22(34-35(24)3)23-13-41-15-32-23/h4-10,13,15,19-20,26,31H,11-12,14H2,1-3H3,(H,38,39)/t19-,20+,26-. The Hall–Kier alpha value is -4.32. The maximum absolute atomic E-state index is 13.6. The fourth-order valence-corrected chi connectivity index (χ4v) is 5.91. The summed E-state index contributed by atoms with van der Waals surface area (Å²) in [6, 6.07) is 11.6. The Morgan fingerprint density at radius 1 is 1.12 bits per heavy atom. The van der Waals surface area contributed by atoms with E-state index in [4.69, 9.17) is 14.8 Å². The topological polar surface area (TPSA) is 122 Å². The van der Waals surface area contributed by atoms with Crippen LogP contribution in [0, 0.1) is 17.7 Å². The molecule has 2 aliphatic rings. The highest BCUT2D eigenvalue weighted by molar-refractivity contribution is 7.07. The van der Waals surface area contributed by atoms with Gasteiger partial charge in [-0.3, -0.25) is 9.48 Å². The summed E-state index contributed by atoms with van der Waals surface area (Å²) in [7, 11) is 1.76. The summed E-state index contributed by atoms with van der Waals surface area (Å²) in [5, 5.41) is 17.9. The number of benzene rings is 1. The van der Waals surface area contributed by atoms with Gasteiger partial charge < -0.3 is 20.1 Å². The average molecular weight is 577 g/mol. The molecule has 0 bridgehead atoms. The average Bonchev–Trinajstić information content (AvgIpc) is 3.45. The molecule has 212 valence electrons. The number of ether oxygens (including phenoxy) is 1. The molecule has 1 aliphatic carbocycles. The van der Waals surface area contributed by atoms with Crippen molar-refractivity contribution in [2.24, 2.45) is 18.9 Å². The zero-order chi connectivity index (χ0) is 28.9. The normalized spacial score (nSPS) is 19.6. The molecule has 10 nitrogen and oxygen atoms in total. The van der Waals surface area contributed by atoms with E-state index in [1.807, 2.05) is 36.3 Å². The summed E-state index contributed by atoms with van der Waals surface area (Å²) >= 11 is 1.48. The van der Waals surface area contributed by atoms with Gasteiger partial charge >= 0.3 is 6.09 Å². The third-order valence-corrected chi connectivity index (χ3v) is 8.44. The lowest BCUT2D eigenvalue weighted by atomic mass is 9.84. The molecule has 2 N–H and O–H groups in total. The van der Waals surface area contributed by atoms with Crippen LogP contribution < -0.4 is 10.1 Å². The number of piperidine rings is 1. The minimum Gasteiger partial charge on any atom is -0.474 e. The Kier molecular flexibility index (Phi) is 6.72. The Morgan fingerprint density at radius 3 is 2.51 bits per heavy atom. The fourth-order valence-electron chi connectivity index (χ4n) is 5.37. The molecule has 2 amide bonds. The van der Waals surface area contributed by atoms with Crippen molar-refractivity contribution in [3.8, 4) is 28.5 Å². The van der Waals surface area contributed by atoms with Crippen molar-refractivity contribution >= 4 is 23.3 Å². The predicted octanol–water partition coefficient (Wildman–Crippen LogP) is 4.44. The summed E-state index contributed by atoms with van der Waals surface area (Å²) in [5.74, 6) is 0.377. The molecule has 3 atom stereocenters. The maximum Gasteiger partial charge on any atom is 0.404 e. The van der Waals surface area contributed by atoms with Crippen molar-refractivity contribution in [2.75, 3.05) is 19.6 Å². The SMILES string of the molecule is Cn1nc(-c2cscn2)cc1C(=O)N1C[C@@H]2[C@H](C1)[C@@H]2Oc1cc(C(C)(C)CNC(=O)O)cc(-c2ccc(F)cc2)n1. The van der Waals surface area contributed by atoms with Crippen molar-refractivity contribution in [3.05, 3.63) is 70.4 Å². The molecule has 0 radical (unpaired) electrons. The maximum atomic E-state index is 13.6. The molecule has 12 heteroatoms. The van der Waals surface area contributed by atoms with Gasteiger partial charge in [0.1, 0.15) is 29.0 Å². The van der Waals surface area contributed by atoms with Crippen molar-refractivity contribution in [3.63, 3.8) is 0 Å². The van der Waals surface area contributed by atoms with E-state index in [9.17, 15) is 14.0 Å². The van der Waals surface area contributed by atoms with Crippen molar-refractivity contribution in [1.29, 1.82) is 0 Å². The van der Waals surface area contributed by atoms with Crippen LogP contribution in [0.3, 0.4) is 0 Å². The summed E-state index contributed by atoms with van der Waals surface area (Å²) < 4.78 is 21.5. The van der Waals surface area contributed by atoms with Gasteiger partial charge in [-0.15, -0.1) is 11.3 Å². The molecule has 2 fully saturated rings. The first-order chi connectivity index (χ1) is 19.6. The van der Waals surface area contributed by atoms with Gasteiger partial charge in [-0.25, -0.2) is 19.2 Å². The quantitative estimate of drug-likeness (QED) is 0.318. The van der Waals surface area contributed by atoms with Crippen LogP contribution in [0.5, 0.6) is 5.88 Å². The number of nitrogens with one attached hydrogen (secondary N) is 1. The van der Waals surface area contributed by atoms with Gasteiger partial charge in [0.05, 0.1) is 11.2 Å². The number of amides is 2. The zero-order valence-electron chi connectivity index (χ0n) is 22.7. The van der Waals surface area contributed by atoms with Crippen molar-refractivity contribution in [2.45, 2.75) is 25.4 Å². The summed E-state index contributed by atoms with van der Waals surface area (Å²) in [5.41, 5.74) is 5.29.